The van der Waals surface area contributed by atoms with Crippen LogP contribution in [0.25, 0.3) is 22.2 Å². The summed E-state index contributed by atoms with van der Waals surface area (Å²) in [5.41, 5.74) is 3.21. The van der Waals surface area contributed by atoms with E-state index >= 15 is 0 Å². The van der Waals surface area contributed by atoms with Crippen LogP contribution in [-0.4, -0.2) is 66.0 Å². The maximum Gasteiger partial charge on any atom is 0.254 e. The Bertz CT molecular complexity index is 1130. The number of benzene rings is 2. The molecule has 32 heavy (non-hydrogen) atoms. The summed E-state index contributed by atoms with van der Waals surface area (Å²) in [6.07, 6.45) is 1.66. The van der Waals surface area contributed by atoms with E-state index in [1.165, 1.54) is 0 Å². The molecule has 0 saturated carbocycles. The van der Waals surface area contributed by atoms with E-state index in [1.54, 1.807) is 0 Å². The Hall–Kier alpha value is -3.25. The van der Waals surface area contributed by atoms with E-state index < -0.39 is 0 Å². The summed E-state index contributed by atoms with van der Waals surface area (Å²) in [6, 6.07) is 19.6. The molecule has 0 bridgehead atoms. The van der Waals surface area contributed by atoms with Crippen molar-refractivity contribution in [3.63, 3.8) is 0 Å². The highest BCUT2D eigenvalue weighted by atomic mass is 16.5. The first-order valence-electron chi connectivity index (χ1n) is 11.3. The molecular weight excluding hydrogens is 402 g/mol. The SMILES string of the molecule is O=C(c1cc(-c2ccccc2)nc2ccccc12)N1CCC[C@@H](C(=O)N2CCOCC2)C1. The first kappa shape index (κ1) is 20.6. The second kappa shape index (κ2) is 9.09. The zero-order valence-corrected chi connectivity index (χ0v) is 18.1. The van der Waals surface area contributed by atoms with E-state index in [1.807, 2.05) is 70.5 Å². The highest BCUT2D eigenvalue weighted by Crippen LogP contribution is 2.28. The molecular formula is C26H27N3O3. The Labute approximate surface area is 187 Å². The molecule has 1 aromatic heterocycles. The van der Waals surface area contributed by atoms with Crippen molar-refractivity contribution in [1.29, 1.82) is 0 Å². The van der Waals surface area contributed by atoms with Crippen LogP contribution in [0.2, 0.25) is 0 Å². The number of aromatic nitrogens is 1. The number of piperidine rings is 1. The Morgan fingerprint density at radius 2 is 1.66 bits per heavy atom. The smallest absolute Gasteiger partial charge is 0.254 e. The molecule has 2 aliphatic rings. The molecule has 0 spiro atoms. The summed E-state index contributed by atoms with van der Waals surface area (Å²) in [5, 5.41) is 0.846. The molecule has 3 aromatic rings. The van der Waals surface area contributed by atoms with Crippen LogP contribution in [-0.2, 0) is 9.53 Å². The van der Waals surface area contributed by atoms with Gasteiger partial charge < -0.3 is 14.5 Å². The normalized spacial score (nSPS) is 19.2. The van der Waals surface area contributed by atoms with Crippen molar-refractivity contribution >= 4 is 22.7 Å². The monoisotopic (exact) mass is 429 g/mol. The van der Waals surface area contributed by atoms with Gasteiger partial charge in [-0.3, -0.25) is 9.59 Å². The van der Waals surface area contributed by atoms with Gasteiger partial charge in [-0.2, -0.15) is 0 Å². The summed E-state index contributed by atoms with van der Waals surface area (Å²) < 4.78 is 5.38. The second-order valence-corrected chi connectivity index (χ2v) is 8.47. The zero-order chi connectivity index (χ0) is 21.9. The van der Waals surface area contributed by atoms with Gasteiger partial charge in [0.05, 0.1) is 35.9 Å². The van der Waals surface area contributed by atoms with Crippen LogP contribution in [0, 0.1) is 5.92 Å². The van der Waals surface area contributed by atoms with Crippen molar-refractivity contribution in [2.45, 2.75) is 12.8 Å². The standard InChI is InChI=1S/C26H27N3O3/c30-25(28-13-15-32-16-14-28)20-9-6-12-29(18-20)26(31)22-17-24(19-7-2-1-3-8-19)27-23-11-5-4-10-21(22)23/h1-5,7-8,10-11,17,20H,6,9,12-16,18H2/t20-/m1/s1. The maximum absolute atomic E-state index is 13.7. The number of morpholine rings is 1. The van der Waals surface area contributed by atoms with Crippen molar-refractivity contribution in [3.05, 3.63) is 66.2 Å². The quantitative estimate of drug-likeness (QED) is 0.638. The Morgan fingerprint density at radius 1 is 0.906 bits per heavy atom. The summed E-state index contributed by atoms with van der Waals surface area (Å²) >= 11 is 0. The molecule has 2 saturated heterocycles. The van der Waals surface area contributed by atoms with Crippen LogP contribution in [0.3, 0.4) is 0 Å². The van der Waals surface area contributed by atoms with E-state index in [0.717, 1.165) is 35.0 Å². The first-order chi connectivity index (χ1) is 15.7. The van der Waals surface area contributed by atoms with Gasteiger partial charge in [-0.05, 0) is 25.0 Å². The summed E-state index contributed by atoms with van der Waals surface area (Å²) in [6.45, 7) is 3.59. The first-order valence-corrected chi connectivity index (χ1v) is 11.3. The fourth-order valence-corrected chi connectivity index (χ4v) is 4.68. The Morgan fingerprint density at radius 3 is 2.47 bits per heavy atom. The van der Waals surface area contributed by atoms with Crippen LogP contribution < -0.4 is 0 Å². The third-order valence-electron chi connectivity index (χ3n) is 6.40. The molecule has 3 heterocycles. The lowest BCUT2D eigenvalue weighted by molar-refractivity contribution is -0.141. The lowest BCUT2D eigenvalue weighted by Gasteiger charge is -2.36. The van der Waals surface area contributed by atoms with Gasteiger partial charge >= 0.3 is 0 Å². The number of hydrogen-bond donors (Lipinski definition) is 0. The van der Waals surface area contributed by atoms with Crippen LogP contribution >= 0.6 is 0 Å². The van der Waals surface area contributed by atoms with Crippen molar-refractivity contribution in [2.24, 2.45) is 5.92 Å². The van der Waals surface area contributed by atoms with Crippen LogP contribution in [0.4, 0.5) is 0 Å². The molecule has 2 amide bonds. The minimum Gasteiger partial charge on any atom is -0.378 e. The summed E-state index contributed by atoms with van der Waals surface area (Å²) in [4.78, 5) is 35.3. The lowest BCUT2D eigenvalue weighted by atomic mass is 9.95. The van der Waals surface area contributed by atoms with E-state index in [0.29, 0.717) is 45.0 Å². The average Bonchev–Trinajstić information content (AvgIpc) is 2.88. The summed E-state index contributed by atoms with van der Waals surface area (Å²) in [7, 11) is 0. The third kappa shape index (κ3) is 4.10. The van der Waals surface area contributed by atoms with Gasteiger partial charge in [0.15, 0.2) is 0 Å². The molecule has 0 aliphatic carbocycles. The molecule has 6 heteroatoms. The number of ether oxygens (including phenoxy) is 1. The van der Waals surface area contributed by atoms with Gasteiger partial charge in [0.1, 0.15) is 0 Å². The largest absolute Gasteiger partial charge is 0.378 e. The van der Waals surface area contributed by atoms with Gasteiger partial charge in [0.2, 0.25) is 5.91 Å². The van der Waals surface area contributed by atoms with Gasteiger partial charge in [0.25, 0.3) is 5.91 Å². The number of nitrogens with zero attached hydrogens (tertiary/aromatic N) is 3. The van der Waals surface area contributed by atoms with Crippen molar-refractivity contribution in [2.75, 3.05) is 39.4 Å². The number of fused-ring (bicyclic) bond motifs is 1. The molecule has 6 nitrogen and oxygen atoms in total. The molecule has 2 aromatic carbocycles. The fraction of sp³-hybridized carbons (Fsp3) is 0.346. The minimum absolute atomic E-state index is 0.0275. The molecule has 2 aliphatic heterocycles. The maximum atomic E-state index is 13.7. The van der Waals surface area contributed by atoms with Crippen LogP contribution in [0.1, 0.15) is 23.2 Å². The molecule has 2 fully saturated rings. The van der Waals surface area contributed by atoms with E-state index in [-0.39, 0.29) is 17.7 Å². The summed E-state index contributed by atoms with van der Waals surface area (Å²) in [5.74, 6) is -0.0249. The predicted molar refractivity (Wildman–Crippen MR) is 123 cm³/mol. The van der Waals surface area contributed by atoms with E-state index in [9.17, 15) is 9.59 Å². The number of pyridine rings is 1. The number of para-hydroxylation sites is 1. The predicted octanol–water partition coefficient (Wildman–Crippen LogP) is 3.61. The Balaban J connectivity index is 1.44. The number of carbonyl (C=O) groups is 2. The molecule has 164 valence electrons. The Kier molecular flexibility index (Phi) is 5.86. The van der Waals surface area contributed by atoms with E-state index in [4.69, 9.17) is 9.72 Å². The van der Waals surface area contributed by atoms with Gasteiger partial charge in [-0.1, -0.05) is 48.5 Å². The lowest BCUT2D eigenvalue weighted by Crippen LogP contribution is -2.49. The number of carbonyl (C=O) groups excluding carboxylic acids is 2. The van der Waals surface area contributed by atoms with Crippen LogP contribution in [0.5, 0.6) is 0 Å². The molecule has 0 radical (unpaired) electrons. The zero-order valence-electron chi connectivity index (χ0n) is 18.1. The van der Waals surface area contributed by atoms with E-state index in [2.05, 4.69) is 0 Å². The van der Waals surface area contributed by atoms with Crippen LogP contribution in [0.15, 0.2) is 60.7 Å². The van der Waals surface area contributed by atoms with Gasteiger partial charge in [-0.15, -0.1) is 0 Å². The van der Waals surface area contributed by atoms with Gasteiger partial charge in [-0.25, -0.2) is 4.98 Å². The van der Waals surface area contributed by atoms with Crippen molar-refractivity contribution in [1.82, 2.24) is 14.8 Å². The highest BCUT2D eigenvalue weighted by Gasteiger charge is 2.32. The molecule has 0 unspecified atom stereocenters. The number of amides is 2. The molecule has 1 atom stereocenters. The van der Waals surface area contributed by atoms with Crippen molar-refractivity contribution in [3.8, 4) is 11.3 Å². The number of rotatable bonds is 3. The topological polar surface area (TPSA) is 62.7 Å². The minimum atomic E-state index is -0.146. The van der Waals surface area contributed by atoms with Crippen molar-refractivity contribution < 1.29 is 14.3 Å². The molecule has 0 N–H and O–H groups in total. The van der Waals surface area contributed by atoms with Gasteiger partial charge in [0, 0.05) is 37.1 Å². The fourth-order valence-electron chi connectivity index (χ4n) is 4.68. The third-order valence-corrected chi connectivity index (χ3v) is 6.40. The number of likely N-dealkylation sites (tertiary alicyclic amines) is 1. The molecule has 5 rings (SSSR count). The highest BCUT2D eigenvalue weighted by molar-refractivity contribution is 6.07. The second-order valence-electron chi connectivity index (χ2n) is 8.47. The number of hydrogen-bond acceptors (Lipinski definition) is 4. The average molecular weight is 430 g/mol.